The number of benzene rings is 1. The first-order valence-electron chi connectivity index (χ1n) is 7.09. The maximum atomic E-state index is 13.6. The molecule has 1 aromatic rings. The molecule has 0 aliphatic heterocycles. The highest BCUT2D eigenvalue weighted by atomic mass is 19.1. The van der Waals surface area contributed by atoms with Crippen molar-refractivity contribution in [3.05, 3.63) is 35.1 Å². The highest BCUT2D eigenvalue weighted by Gasteiger charge is 2.22. The number of hydrogen-bond acceptors (Lipinski definition) is 3. The van der Waals surface area contributed by atoms with Crippen molar-refractivity contribution in [1.82, 2.24) is 4.90 Å². The van der Waals surface area contributed by atoms with Gasteiger partial charge in [-0.05, 0) is 36.6 Å². The smallest absolute Gasteiger partial charge is 0.124 e. The van der Waals surface area contributed by atoms with Crippen molar-refractivity contribution >= 4 is 5.84 Å². The molecule has 4 N–H and O–H groups in total. The van der Waals surface area contributed by atoms with E-state index in [0.29, 0.717) is 24.7 Å². The second-order valence-corrected chi connectivity index (χ2v) is 5.39. The molecule has 1 aromatic carbocycles. The molecular weight excluding hydrogens is 257 g/mol. The lowest BCUT2D eigenvalue weighted by Gasteiger charge is -2.28. The van der Waals surface area contributed by atoms with Crippen LogP contribution in [0.3, 0.4) is 0 Å². The first kappa shape index (κ1) is 14.9. The van der Waals surface area contributed by atoms with Crippen molar-refractivity contribution in [2.24, 2.45) is 5.73 Å². The lowest BCUT2D eigenvalue weighted by atomic mass is 10.1. The van der Waals surface area contributed by atoms with Crippen LogP contribution in [0.2, 0.25) is 0 Å². The van der Waals surface area contributed by atoms with Gasteiger partial charge in [0, 0.05) is 24.7 Å². The summed E-state index contributed by atoms with van der Waals surface area (Å²) in [4.78, 5) is 2.20. The van der Waals surface area contributed by atoms with Crippen LogP contribution in [0.5, 0.6) is 0 Å². The highest BCUT2D eigenvalue weighted by Crippen LogP contribution is 2.25. The van der Waals surface area contributed by atoms with Crippen LogP contribution >= 0.6 is 0 Å². The summed E-state index contributed by atoms with van der Waals surface area (Å²) in [5, 5.41) is 16.6. The van der Waals surface area contributed by atoms with Gasteiger partial charge in [-0.3, -0.25) is 10.3 Å². The zero-order valence-electron chi connectivity index (χ0n) is 11.6. The number of aliphatic hydroxyl groups is 1. The minimum Gasteiger partial charge on any atom is -0.395 e. The molecule has 0 bridgehead atoms. The highest BCUT2D eigenvalue weighted by molar-refractivity contribution is 5.95. The molecule has 0 radical (unpaired) electrons. The van der Waals surface area contributed by atoms with Crippen LogP contribution in [-0.4, -0.2) is 35.0 Å². The molecule has 0 amide bonds. The average molecular weight is 279 g/mol. The van der Waals surface area contributed by atoms with Crippen LogP contribution in [0, 0.1) is 11.2 Å². The molecule has 20 heavy (non-hydrogen) atoms. The van der Waals surface area contributed by atoms with Gasteiger partial charge in [0.25, 0.3) is 0 Å². The Bertz CT molecular complexity index is 472. The summed E-state index contributed by atoms with van der Waals surface area (Å²) in [6.45, 7) is 1.28. The van der Waals surface area contributed by atoms with Gasteiger partial charge in [0.05, 0.1) is 6.61 Å². The van der Waals surface area contributed by atoms with E-state index in [9.17, 15) is 9.50 Å². The number of rotatable bonds is 6. The van der Waals surface area contributed by atoms with E-state index < -0.39 is 0 Å². The van der Waals surface area contributed by atoms with E-state index in [2.05, 4.69) is 4.90 Å². The van der Waals surface area contributed by atoms with E-state index in [1.165, 1.54) is 25.0 Å². The van der Waals surface area contributed by atoms with Crippen molar-refractivity contribution < 1.29 is 9.50 Å². The van der Waals surface area contributed by atoms with Crippen LogP contribution in [0.25, 0.3) is 0 Å². The monoisotopic (exact) mass is 279 g/mol. The van der Waals surface area contributed by atoms with Gasteiger partial charge in [-0.1, -0.05) is 12.8 Å². The summed E-state index contributed by atoms with van der Waals surface area (Å²) >= 11 is 0. The summed E-state index contributed by atoms with van der Waals surface area (Å²) in [6.07, 6.45) is 4.70. The van der Waals surface area contributed by atoms with Gasteiger partial charge < -0.3 is 10.8 Å². The Morgan fingerprint density at radius 2 is 2.05 bits per heavy atom. The van der Waals surface area contributed by atoms with Crippen molar-refractivity contribution in [2.75, 3.05) is 13.2 Å². The Balaban J connectivity index is 2.14. The number of amidine groups is 1. The maximum Gasteiger partial charge on any atom is 0.124 e. The summed E-state index contributed by atoms with van der Waals surface area (Å²) < 4.78 is 13.6. The predicted molar refractivity (Wildman–Crippen MR) is 77.2 cm³/mol. The Kier molecular flexibility index (Phi) is 5.09. The standard InChI is InChI=1S/C15H22FN3O/c16-13-8-11(7-12(9-13)15(17)18)10-19(5-6-20)14-3-1-2-4-14/h7-9,14,20H,1-6,10H2,(H3,17,18). The van der Waals surface area contributed by atoms with Gasteiger partial charge in [-0.2, -0.15) is 0 Å². The summed E-state index contributed by atoms with van der Waals surface area (Å²) in [7, 11) is 0. The number of nitrogens with one attached hydrogen (secondary N) is 1. The van der Waals surface area contributed by atoms with E-state index in [1.54, 1.807) is 6.07 Å². The SMILES string of the molecule is N=C(N)c1cc(F)cc(CN(CCO)C2CCCC2)c1. The van der Waals surface area contributed by atoms with E-state index >= 15 is 0 Å². The minimum absolute atomic E-state index is 0.103. The quantitative estimate of drug-likeness (QED) is 0.549. The van der Waals surface area contributed by atoms with Crippen molar-refractivity contribution in [3.8, 4) is 0 Å². The van der Waals surface area contributed by atoms with E-state index in [4.69, 9.17) is 11.1 Å². The molecule has 5 heteroatoms. The Morgan fingerprint density at radius 1 is 1.35 bits per heavy atom. The van der Waals surface area contributed by atoms with Crippen molar-refractivity contribution in [3.63, 3.8) is 0 Å². The zero-order valence-corrected chi connectivity index (χ0v) is 11.6. The molecular formula is C15H22FN3O. The zero-order chi connectivity index (χ0) is 14.5. The largest absolute Gasteiger partial charge is 0.395 e. The maximum absolute atomic E-state index is 13.6. The minimum atomic E-state index is -0.372. The van der Waals surface area contributed by atoms with E-state index in [1.807, 2.05) is 0 Å². The fraction of sp³-hybridized carbons (Fsp3) is 0.533. The van der Waals surface area contributed by atoms with Gasteiger partial charge in [-0.15, -0.1) is 0 Å². The lowest BCUT2D eigenvalue weighted by molar-refractivity contribution is 0.144. The van der Waals surface area contributed by atoms with Crippen molar-refractivity contribution in [2.45, 2.75) is 38.3 Å². The molecule has 1 saturated carbocycles. The van der Waals surface area contributed by atoms with Crippen LogP contribution in [0.1, 0.15) is 36.8 Å². The van der Waals surface area contributed by atoms with Crippen LogP contribution < -0.4 is 5.73 Å². The third kappa shape index (κ3) is 3.77. The van der Waals surface area contributed by atoms with Crippen molar-refractivity contribution in [1.29, 1.82) is 5.41 Å². The molecule has 4 nitrogen and oxygen atoms in total. The molecule has 110 valence electrons. The molecule has 1 aliphatic carbocycles. The van der Waals surface area contributed by atoms with Gasteiger partial charge in [0.2, 0.25) is 0 Å². The molecule has 0 aromatic heterocycles. The second kappa shape index (κ2) is 6.81. The predicted octanol–water partition coefficient (Wildman–Crippen LogP) is 1.85. The topological polar surface area (TPSA) is 73.3 Å². The summed E-state index contributed by atoms with van der Waals surface area (Å²) in [5.41, 5.74) is 6.64. The van der Waals surface area contributed by atoms with Gasteiger partial charge in [0.1, 0.15) is 11.7 Å². The van der Waals surface area contributed by atoms with E-state index in [0.717, 1.165) is 18.4 Å². The van der Waals surface area contributed by atoms with E-state index in [-0.39, 0.29) is 18.3 Å². The second-order valence-electron chi connectivity index (χ2n) is 5.39. The first-order valence-corrected chi connectivity index (χ1v) is 7.09. The molecule has 0 saturated heterocycles. The average Bonchev–Trinajstić information content (AvgIpc) is 2.91. The first-order chi connectivity index (χ1) is 9.60. The Hall–Kier alpha value is -1.46. The number of nitrogens with two attached hydrogens (primary N) is 1. The molecule has 0 atom stereocenters. The van der Waals surface area contributed by atoms with Crippen LogP contribution in [-0.2, 0) is 6.54 Å². The number of aliphatic hydroxyl groups excluding tert-OH is 1. The number of hydrogen-bond donors (Lipinski definition) is 3. The Morgan fingerprint density at radius 3 is 2.65 bits per heavy atom. The lowest BCUT2D eigenvalue weighted by Crippen LogP contribution is -2.35. The Labute approximate surface area is 118 Å². The molecule has 2 rings (SSSR count). The molecule has 1 aliphatic rings. The normalized spacial score (nSPS) is 15.9. The number of halogens is 1. The number of nitrogen functional groups attached to an aromatic ring is 1. The van der Waals surface area contributed by atoms with Gasteiger partial charge in [0.15, 0.2) is 0 Å². The molecule has 0 spiro atoms. The fourth-order valence-electron chi connectivity index (χ4n) is 2.92. The third-order valence-corrected chi connectivity index (χ3v) is 3.88. The fourth-order valence-corrected chi connectivity index (χ4v) is 2.92. The molecule has 0 unspecified atom stereocenters. The number of nitrogens with zero attached hydrogens (tertiary/aromatic N) is 1. The van der Waals surface area contributed by atoms with Gasteiger partial charge >= 0.3 is 0 Å². The third-order valence-electron chi connectivity index (χ3n) is 3.88. The molecule has 0 heterocycles. The van der Waals surface area contributed by atoms with Crippen LogP contribution in [0.15, 0.2) is 18.2 Å². The summed E-state index contributed by atoms with van der Waals surface area (Å²) in [6, 6.07) is 4.97. The molecule has 1 fully saturated rings. The summed E-state index contributed by atoms with van der Waals surface area (Å²) in [5.74, 6) is -0.497. The van der Waals surface area contributed by atoms with Gasteiger partial charge in [-0.25, -0.2) is 4.39 Å². The van der Waals surface area contributed by atoms with Crippen LogP contribution in [0.4, 0.5) is 4.39 Å².